The summed E-state index contributed by atoms with van der Waals surface area (Å²) in [6, 6.07) is 14.9. The second kappa shape index (κ2) is 10.7. The van der Waals surface area contributed by atoms with Crippen molar-refractivity contribution in [2.45, 2.75) is 26.4 Å². The Balaban J connectivity index is 1.80. The first-order chi connectivity index (χ1) is 13.9. The van der Waals surface area contributed by atoms with E-state index in [0.717, 1.165) is 0 Å². The third kappa shape index (κ3) is 6.69. The molecule has 0 spiro atoms. The fraction of sp³-hybridized carbons (Fsp3) is 0.333. The molecular formula is C21H24N2O5S. The van der Waals surface area contributed by atoms with Crippen LogP contribution in [0.1, 0.15) is 35.7 Å². The van der Waals surface area contributed by atoms with Crippen LogP contribution in [0.25, 0.3) is 0 Å². The molecule has 0 aliphatic rings. The average Bonchev–Trinajstić information content (AvgIpc) is 2.75. The highest BCUT2D eigenvalue weighted by Gasteiger charge is 2.33. The van der Waals surface area contributed by atoms with Crippen molar-refractivity contribution in [1.29, 1.82) is 0 Å². The summed E-state index contributed by atoms with van der Waals surface area (Å²) in [4.78, 5) is 34.8. The van der Waals surface area contributed by atoms with Gasteiger partial charge in [-0.3, -0.25) is 19.7 Å². The molecule has 1 unspecified atom stereocenters. The molecule has 7 nitrogen and oxygen atoms in total. The van der Waals surface area contributed by atoms with Gasteiger partial charge in [-0.15, -0.1) is 0 Å². The lowest BCUT2D eigenvalue weighted by Gasteiger charge is -2.25. The maximum atomic E-state index is 12.5. The van der Waals surface area contributed by atoms with E-state index in [1.54, 1.807) is 31.2 Å². The van der Waals surface area contributed by atoms with Crippen LogP contribution in [0.2, 0.25) is 0 Å². The number of ether oxygens (including phenoxy) is 1. The van der Waals surface area contributed by atoms with Crippen LogP contribution < -0.4 is 5.73 Å². The van der Waals surface area contributed by atoms with E-state index in [0.29, 0.717) is 29.7 Å². The van der Waals surface area contributed by atoms with Crippen molar-refractivity contribution in [2.24, 2.45) is 11.1 Å². The van der Waals surface area contributed by atoms with Gasteiger partial charge >= 0.3 is 5.97 Å². The number of rotatable bonds is 10. The molecule has 2 N–H and O–H groups in total. The quantitative estimate of drug-likeness (QED) is 0.270. The van der Waals surface area contributed by atoms with E-state index >= 15 is 0 Å². The third-order valence-electron chi connectivity index (χ3n) is 4.58. The minimum absolute atomic E-state index is 0.000740. The Bertz CT molecular complexity index is 842. The molecule has 0 aliphatic carbocycles. The van der Waals surface area contributed by atoms with Crippen molar-refractivity contribution in [2.75, 3.05) is 12.3 Å². The summed E-state index contributed by atoms with van der Waals surface area (Å²) >= 11 is 1.22. The molecule has 8 heteroatoms. The number of nitro groups is 1. The highest BCUT2D eigenvalue weighted by molar-refractivity contribution is 8.14. The van der Waals surface area contributed by atoms with E-state index in [-0.39, 0.29) is 24.0 Å². The van der Waals surface area contributed by atoms with E-state index in [2.05, 4.69) is 0 Å². The van der Waals surface area contributed by atoms with Crippen molar-refractivity contribution in [1.82, 2.24) is 0 Å². The van der Waals surface area contributed by atoms with Crippen molar-refractivity contribution < 1.29 is 19.2 Å². The van der Waals surface area contributed by atoms with Crippen LogP contribution in [-0.2, 0) is 16.1 Å². The molecule has 0 aliphatic heterocycles. The Hall–Kier alpha value is -2.71. The second-order valence-corrected chi connectivity index (χ2v) is 7.94. The summed E-state index contributed by atoms with van der Waals surface area (Å²) in [6.07, 6.45) is 1.14. The van der Waals surface area contributed by atoms with Crippen LogP contribution in [0.5, 0.6) is 0 Å². The highest BCUT2D eigenvalue weighted by Crippen LogP contribution is 2.26. The summed E-state index contributed by atoms with van der Waals surface area (Å²) in [5.74, 6) is 0.164. The molecule has 0 saturated carbocycles. The maximum absolute atomic E-state index is 12.5. The largest absolute Gasteiger partial charge is 0.460 e. The average molecular weight is 416 g/mol. The van der Waals surface area contributed by atoms with Gasteiger partial charge in [-0.2, -0.15) is 0 Å². The van der Waals surface area contributed by atoms with Crippen LogP contribution in [-0.4, -0.2) is 28.3 Å². The topological polar surface area (TPSA) is 113 Å². The number of nitrogens with two attached hydrogens (primary N) is 1. The van der Waals surface area contributed by atoms with E-state index in [1.165, 1.54) is 23.9 Å². The van der Waals surface area contributed by atoms with Gasteiger partial charge in [0.2, 0.25) is 5.12 Å². The minimum Gasteiger partial charge on any atom is -0.460 e. The summed E-state index contributed by atoms with van der Waals surface area (Å²) in [6.45, 7) is 1.89. The van der Waals surface area contributed by atoms with Crippen molar-refractivity contribution in [3.8, 4) is 0 Å². The lowest BCUT2D eigenvalue weighted by atomic mass is 9.86. The van der Waals surface area contributed by atoms with Crippen LogP contribution in [0.15, 0.2) is 54.6 Å². The smallest absolute Gasteiger partial charge is 0.313 e. The third-order valence-corrected chi connectivity index (χ3v) is 5.57. The molecular weight excluding hydrogens is 392 g/mol. The van der Waals surface area contributed by atoms with Crippen LogP contribution >= 0.6 is 11.8 Å². The molecule has 154 valence electrons. The number of nitro benzene ring substituents is 1. The maximum Gasteiger partial charge on any atom is 0.313 e. The Kier molecular flexibility index (Phi) is 8.35. The normalized spacial score (nSPS) is 12.8. The predicted molar refractivity (Wildman–Crippen MR) is 113 cm³/mol. The van der Waals surface area contributed by atoms with Gasteiger partial charge in [-0.25, -0.2) is 0 Å². The first kappa shape index (κ1) is 22.6. The molecule has 0 heterocycles. The molecule has 0 amide bonds. The summed E-state index contributed by atoms with van der Waals surface area (Å²) in [5.41, 5.74) is 6.26. The van der Waals surface area contributed by atoms with Gasteiger partial charge in [-0.05, 0) is 37.5 Å². The van der Waals surface area contributed by atoms with Gasteiger partial charge in [0.1, 0.15) is 6.61 Å². The first-order valence-corrected chi connectivity index (χ1v) is 10.2. The van der Waals surface area contributed by atoms with Gasteiger partial charge in [0.25, 0.3) is 5.69 Å². The number of hydrogen-bond acceptors (Lipinski definition) is 7. The predicted octanol–water partition coefficient (Wildman–Crippen LogP) is 3.96. The lowest BCUT2D eigenvalue weighted by molar-refractivity contribution is -0.384. The van der Waals surface area contributed by atoms with E-state index in [1.807, 2.05) is 18.2 Å². The number of carbonyl (C=O) groups excluding carboxylic acids is 2. The van der Waals surface area contributed by atoms with E-state index < -0.39 is 16.3 Å². The van der Waals surface area contributed by atoms with Gasteiger partial charge < -0.3 is 10.5 Å². The Morgan fingerprint density at radius 3 is 2.38 bits per heavy atom. The zero-order valence-corrected chi connectivity index (χ0v) is 17.0. The second-order valence-electron chi connectivity index (χ2n) is 6.87. The van der Waals surface area contributed by atoms with Crippen LogP contribution in [0.3, 0.4) is 0 Å². The minimum atomic E-state index is -0.850. The molecule has 29 heavy (non-hydrogen) atoms. The molecule has 0 radical (unpaired) electrons. The number of benzene rings is 2. The molecule has 2 aromatic rings. The zero-order chi connectivity index (χ0) is 21.3. The summed E-state index contributed by atoms with van der Waals surface area (Å²) < 4.78 is 5.37. The number of non-ortho nitro benzene ring substituents is 1. The molecule has 2 aromatic carbocycles. The van der Waals surface area contributed by atoms with Crippen molar-refractivity contribution >= 4 is 28.5 Å². The van der Waals surface area contributed by atoms with Gasteiger partial charge in [0.15, 0.2) is 0 Å². The number of carbonyl (C=O) groups is 2. The van der Waals surface area contributed by atoms with Crippen LogP contribution in [0.4, 0.5) is 5.69 Å². The fourth-order valence-electron chi connectivity index (χ4n) is 2.61. The summed E-state index contributed by atoms with van der Waals surface area (Å²) in [7, 11) is 0. The van der Waals surface area contributed by atoms with Gasteiger partial charge in [-0.1, -0.05) is 42.1 Å². The number of thioether (sulfide) groups is 1. The zero-order valence-electron chi connectivity index (χ0n) is 16.2. The fourth-order valence-corrected chi connectivity index (χ4v) is 3.39. The highest BCUT2D eigenvalue weighted by atomic mass is 32.2. The lowest BCUT2D eigenvalue weighted by Crippen LogP contribution is -2.37. The van der Waals surface area contributed by atoms with Crippen LogP contribution in [0, 0.1) is 15.5 Å². The Morgan fingerprint density at radius 2 is 1.79 bits per heavy atom. The number of nitrogens with zero attached hydrogens (tertiary/aromatic N) is 1. The molecule has 0 bridgehead atoms. The van der Waals surface area contributed by atoms with Gasteiger partial charge in [0.05, 0.1) is 10.3 Å². The van der Waals surface area contributed by atoms with E-state index in [9.17, 15) is 19.7 Å². The molecule has 2 rings (SSSR count). The molecule has 0 saturated heterocycles. The monoisotopic (exact) mass is 416 g/mol. The first-order valence-electron chi connectivity index (χ1n) is 9.18. The molecule has 1 atom stereocenters. The molecule has 0 fully saturated rings. The SMILES string of the molecule is CC(CN)(CCCSC(=O)c1ccccc1)C(=O)OCc1ccc([N+](=O)[O-])cc1. The van der Waals surface area contributed by atoms with E-state index in [4.69, 9.17) is 10.5 Å². The standard InChI is InChI=1S/C21H24N2O5S/c1-21(15-22,12-5-13-29-19(24)17-6-3-2-4-7-17)20(25)28-14-16-8-10-18(11-9-16)23(26)27/h2-4,6-11H,5,12-15,22H2,1H3. The summed E-state index contributed by atoms with van der Waals surface area (Å²) in [5, 5.41) is 10.7. The Morgan fingerprint density at radius 1 is 1.14 bits per heavy atom. The Labute approximate surface area is 173 Å². The number of esters is 1. The van der Waals surface area contributed by atoms with Crippen molar-refractivity contribution in [3.63, 3.8) is 0 Å². The number of hydrogen-bond donors (Lipinski definition) is 1. The van der Waals surface area contributed by atoms with Gasteiger partial charge in [0, 0.05) is 30.0 Å². The van der Waals surface area contributed by atoms with Crippen molar-refractivity contribution in [3.05, 3.63) is 75.8 Å². The molecule has 0 aromatic heterocycles.